The Balaban J connectivity index is 1.60. The van der Waals surface area contributed by atoms with Crippen LogP contribution in [0.3, 0.4) is 0 Å². The second kappa shape index (κ2) is 7.94. The molecule has 2 atom stereocenters. The Labute approximate surface area is 195 Å². The predicted molar refractivity (Wildman–Crippen MR) is 122 cm³/mol. The quantitative estimate of drug-likeness (QED) is 0.588. The van der Waals surface area contributed by atoms with Crippen molar-refractivity contribution >= 4 is 17.7 Å². The molecule has 33 heavy (non-hydrogen) atoms. The van der Waals surface area contributed by atoms with Gasteiger partial charge in [0.15, 0.2) is 0 Å². The lowest BCUT2D eigenvalue weighted by molar-refractivity contribution is -0.137. The van der Waals surface area contributed by atoms with E-state index in [0.29, 0.717) is 0 Å². The Kier molecular flexibility index (Phi) is 5.44. The number of carbonyl (C=O) groups excluding carboxylic acids is 1. The molecule has 2 heterocycles. The Bertz CT molecular complexity index is 1080. The van der Waals surface area contributed by atoms with Crippen LogP contribution in [0.1, 0.15) is 59.2 Å². The third-order valence-corrected chi connectivity index (χ3v) is 8.42. The number of hydrogen-bond donors (Lipinski definition) is 1. The Morgan fingerprint density at radius 3 is 2.52 bits per heavy atom. The number of methoxy groups -OCH3 is 1. The fourth-order valence-electron chi connectivity index (χ4n) is 6.39. The third-order valence-electron chi connectivity index (χ3n) is 7.66. The Morgan fingerprint density at radius 1 is 1.09 bits per heavy atom. The molecular formula is C25H27F3N2O2S. The van der Waals surface area contributed by atoms with E-state index in [1.54, 1.807) is 6.26 Å². The van der Waals surface area contributed by atoms with Crippen LogP contribution in [0.2, 0.25) is 0 Å². The van der Waals surface area contributed by atoms with Gasteiger partial charge in [0.1, 0.15) is 5.75 Å². The molecule has 176 valence electrons. The van der Waals surface area contributed by atoms with Crippen molar-refractivity contribution in [2.24, 2.45) is 0 Å². The number of halogens is 3. The van der Waals surface area contributed by atoms with Gasteiger partial charge in [-0.3, -0.25) is 9.69 Å². The average Bonchev–Trinajstić information content (AvgIpc) is 2.81. The van der Waals surface area contributed by atoms with E-state index in [9.17, 15) is 18.0 Å². The van der Waals surface area contributed by atoms with Crippen LogP contribution in [0.25, 0.3) is 0 Å². The van der Waals surface area contributed by atoms with Gasteiger partial charge in [0.05, 0.1) is 29.3 Å². The van der Waals surface area contributed by atoms with E-state index in [0.717, 1.165) is 74.7 Å². The van der Waals surface area contributed by atoms with Gasteiger partial charge < -0.3 is 10.1 Å². The first kappa shape index (κ1) is 22.6. The lowest BCUT2D eigenvalue weighted by atomic mass is 9.49. The Morgan fingerprint density at radius 2 is 1.82 bits per heavy atom. The zero-order valence-corrected chi connectivity index (χ0v) is 19.5. The van der Waals surface area contributed by atoms with Gasteiger partial charge in [0, 0.05) is 4.90 Å². The van der Waals surface area contributed by atoms with Gasteiger partial charge in [-0.05, 0) is 74.7 Å². The molecule has 1 amide bonds. The molecule has 0 radical (unpaired) electrons. The fourth-order valence-corrected chi connectivity index (χ4v) is 7.04. The number of benzene rings is 2. The van der Waals surface area contributed by atoms with Crippen LogP contribution in [-0.2, 0) is 17.3 Å². The number of fused-ring (bicyclic) bond motifs is 2. The second-order valence-electron chi connectivity index (χ2n) is 9.07. The summed E-state index contributed by atoms with van der Waals surface area (Å²) in [5.74, 6) is -0.438. The highest BCUT2D eigenvalue weighted by Crippen LogP contribution is 2.64. The number of carbonyl (C=O) groups is 1. The molecule has 4 nitrogen and oxygen atoms in total. The van der Waals surface area contributed by atoms with Crippen molar-refractivity contribution in [2.45, 2.75) is 54.3 Å². The number of thioether (sulfide) groups is 1. The highest BCUT2D eigenvalue weighted by Gasteiger charge is 2.67. The number of ether oxygens (including phenoxy) is 1. The van der Waals surface area contributed by atoms with E-state index in [2.05, 4.69) is 22.3 Å². The van der Waals surface area contributed by atoms with Crippen LogP contribution in [-0.4, -0.2) is 37.3 Å². The van der Waals surface area contributed by atoms with E-state index >= 15 is 0 Å². The summed E-state index contributed by atoms with van der Waals surface area (Å²) >= 11 is 1.12. The summed E-state index contributed by atoms with van der Waals surface area (Å²) in [6.07, 6.45) is 2.10. The fraction of sp³-hybridized carbons (Fsp3) is 0.480. The van der Waals surface area contributed by atoms with Gasteiger partial charge in [-0.25, -0.2) is 0 Å². The zero-order valence-electron chi connectivity index (χ0n) is 18.7. The van der Waals surface area contributed by atoms with E-state index in [1.807, 2.05) is 12.1 Å². The summed E-state index contributed by atoms with van der Waals surface area (Å²) in [6, 6.07) is 10.2. The Hall–Kier alpha value is -2.19. The molecule has 8 heteroatoms. The molecule has 0 saturated carbocycles. The van der Waals surface area contributed by atoms with Crippen molar-refractivity contribution in [3.8, 4) is 5.75 Å². The van der Waals surface area contributed by atoms with Crippen LogP contribution < -0.4 is 10.1 Å². The molecule has 0 bridgehead atoms. The summed E-state index contributed by atoms with van der Waals surface area (Å²) in [4.78, 5) is 16.6. The van der Waals surface area contributed by atoms with Crippen LogP contribution in [0.15, 0.2) is 41.3 Å². The highest BCUT2D eigenvalue weighted by atomic mass is 32.2. The van der Waals surface area contributed by atoms with Crippen LogP contribution >= 0.6 is 11.8 Å². The van der Waals surface area contributed by atoms with E-state index in [4.69, 9.17) is 4.74 Å². The van der Waals surface area contributed by atoms with Crippen molar-refractivity contribution in [3.63, 3.8) is 0 Å². The molecular weight excluding hydrogens is 449 g/mol. The minimum atomic E-state index is -4.52. The lowest BCUT2D eigenvalue weighted by Gasteiger charge is -2.69. The van der Waals surface area contributed by atoms with Crippen LogP contribution in [0, 0.1) is 0 Å². The summed E-state index contributed by atoms with van der Waals surface area (Å²) < 4.78 is 45.6. The topological polar surface area (TPSA) is 41.6 Å². The molecule has 2 fully saturated rings. The maximum absolute atomic E-state index is 13.8. The number of alkyl halides is 3. The smallest absolute Gasteiger partial charge is 0.416 e. The van der Waals surface area contributed by atoms with Gasteiger partial charge >= 0.3 is 6.18 Å². The largest absolute Gasteiger partial charge is 0.496 e. The first-order chi connectivity index (χ1) is 15.8. The third kappa shape index (κ3) is 3.13. The maximum atomic E-state index is 13.8. The van der Waals surface area contributed by atoms with Crippen molar-refractivity contribution in [3.05, 3.63) is 58.7 Å². The van der Waals surface area contributed by atoms with Crippen LogP contribution in [0.5, 0.6) is 5.75 Å². The average molecular weight is 477 g/mol. The van der Waals surface area contributed by atoms with E-state index < -0.39 is 17.3 Å². The number of nitrogens with one attached hydrogen (secondary N) is 1. The standard InChI is InChI=1S/C25H27F3N2O2S/c1-32-19-14-16(25(26,27)28)15-20(33-2)21(19)22(31)29-23-10-7-13-30-12-6-5-11-24(23,30)18-9-4-3-8-17(18)23/h3-4,8-9,14-15H,5-7,10-13H2,1-2H3,(H,29,31). The summed E-state index contributed by atoms with van der Waals surface area (Å²) in [6.45, 7) is 1.98. The summed E-state index contributed by atoms with van der Waals surface area (Å²) in [7, 11) is 1.30. The van der Waals surface area contributed by atoms with Crippen molar-refractivity contribution in [1.82, 2.24) is 10.2 Å². The summed E-state index contributed by atoms with van der Waals surface area (Å²) in [5.41, 5.74) is 0.937. The first-order valence-corrected chi connectivity index (χ1v) is 12.5. The summed E-state index contributed by atoms with van der Waals surface area (Å²) in [5, 5.41) is 3.35. The number of nitrogens with zero attached hydrogens (tertiary/aromatic N) is 1. The van der Waals surface area contributed by atoms with Crippen molar-refractivity contribution in [2.75, 3.05) is 26.5 Å². The molecule has 2 aliphatic heterocycles. The number of hydrogen-bond acceptors (Lipinski definition) is 4. The van der Waals surface area contributed by atoms with Gasteiger partial charge in [-0.1, -0.05) is 24.3 Å². The van der Waals surface area contributed by atoms with Gasteiger partial charge in [0.25, 0.3) is 5.91 Å². The first-order valence-electron chi connectivity index (χ1n) is 11.3. The molecule has 1 N–H and O–H groups in total. The number of piperidine rings is 2. The molecule has 2 aromatic carbocycles. The van der Waals surface area contributed by atoms with E-state index in [-0.39, 0.29) is 27.7 Å². The van der Waals surface area contributed by atoms with Crippen molar-refractivity contribution in [1.29, 1.82) is 0 Å². The zero-order chi connectivity index (χ0) is 23.4. The molecule has 2 saturated heterocycles. The highest BCUT2D eigenvalue weighted by molar-refractivity contribution is 7.98. The normalized spacial score (nSPS) is 26.5. The molecule has 1 aliphatic carbocycles. The molecule has 2 unspecified atom stereocenters. The second-order valence-corrected chi connectivity index (χ2v) is 9.91. The molecule has 2 aromatic rings. The molecule has 5 rings (SSSR count). The van der Waals surface area contributed by atoms with Crippen LogP contribution in [0.4, 0.5) is 13.2 Å². The monoisotopic (exact) mass is 476 g/mol. The SMILES string of the molecule is COc1cc(C(F)(F)F)cc(SC)c1C(=O)NC12CCCN3CCCCC31c1ccccc12. The van der Waals surface area contributed by atoms with Crippen molar-refractivity contribution < 1.29 is 22.7 Å². The molecule has 1 spiro atoms. The van der Waals surface area contributed by atoms with Gasteiger partial charge in [-0.15, -0.1) is 11.8 Å². The number of amides is 1. The maximum Gasteiger partial charge on any atom is 0.416 e. The molecule has 3 aliphatic rings. The van der Waals surface area contributed by atoms with Gasteiger partial charge in [-0.2, -0.15) is 13.2 Å². The predicted octanol–water partition coefficient (Wildman–Crippen LogP) is 5.55. The number of rotatable bonds is 4. The minimum absolute atomic E-state index is 0.0546. The lowest BCUT2D eigenvalue weighted by Crippen LogP contribution is -2.76. The minimum Gasteiger partial charge on any atom is -0.496 e. The van der Waals surface area contributed by atoms with Gasteiger partial charge in [0.2, 0.25) is 0 Å². The molecule has 0 aromatic heterocycles. The van der Waals surface area contributed by atoms with E-state index in [1.165, 1.54) is 12.7 Å².